The topological polar surface area (TPSA) is 51.2 Å². The third kappa shape index (κ3) is 4.01. The van der Waals surface area contributed by atoms with Gasteiger partial charge in [0.05, 0.1) is 12.3 Å². The second-order valence-electron chi connectivity index (χ2n) is 5.11. The molecular weight excluding hydrogens is 260 g/mol. The first-order valence-corrected chi connectivity index (χ1v) is 7.93. The highest BCUT2D eigenvalue weighted by molar-refractivity contribution is 7.11. The van der Waals surface area contributed by atoms with E-state index >= 15 is 0 Å². The van der Waals surface area contributed by atoms with Crippen LogP contribution in [0.3, 0.4) is 0 Å². The van der Waals surface area contributed by atoms with E-state index in [0.29, 0.717) is 17.7 Å². The molecule has 5 heteroatoms. The molecule has 19 heavy (non-hydrogen) atoms. The molecular formula is C14H22N2O2S. The molecule has 0 aliphatic heterocycles. The number of aromatic nitrogens is 1. The van der Waals surface area contributed by atoms with Gasteiger partial charge in [-0.15, -0.1) is 11.3 Å². The van der Waals surface area contributed by atoms with E-state index in [2.05, 4.69) is 17.2 Å². The zero-order chi connectivity index (χ0) is 13.7. The summed E-state index contributed by atoms with van der Waals surface area (Å²) in [6.07, 6.45) is 5.22. The third-order valence-corrected chi connectivity index (χ3v) is 4.53. The Morgan fingerprint density at radius 3 is 3.05 bits per heavy atom. The number of nitrogens with one attached hydrogen (secondary N) is 1. The second-order valence-corrected chi connectivity index (χ2v) is 5.97. The van der Waals surface area contributed by atoms with Crippen LogP contribution < -0.4 is 5.32 Å². The minimum Gasteiger partial charge on any atom is -0.461 e. The number of ether oxygens (including phenoxy) is 1. The Kier molecular flexibility index (Phi) is 5.34. The zero-order valence-electron chi connectivity index (χ0n) is 11.6. The average Bonchev–Trinajstić information content (AvgIpc) is 2.87. The molecule has 2 rings (SSSR count). The van der Waals surface area contributed by atoms with E-state index in [9.17, 15) is 4.79 Å². The Morgan fingerprint density at radius 2 is 2.32 bits per heavy atom. The van der Waals surface area contributed by atoms with Crippen molar-refractivity contribution in [3.63, 3.8) is 0 Å². The van der Waals surface area contributed by atoms with Crippen molar-refractivity contribution in [3.8, 4) is 0 Å². The summed E-state index contributed by atoms with van der Waals surface area (Å²) in [5.41, 5.74) is 0.936. The van der Waals surface area contributed by atoms with Gasteiger partial charge in [-0.2, -0.15) is 0 Å². The van der Waals surface area contributed by atoms with Gasteiger partial charge in [-0.05, 0) is 25.7 Å². The highest BCUT2D eigenvalue weighted by Gasteiger charge is 2.21. The Balaban J connectivity index is 1.84. The van der Waals surface area contributed by atoms with Gasteiger partial charge in [0.25, 0.3) is 0 Å². The standard InChI is InChI=1S/C14H22N2O2S/c1-3-18-14(17)13-16-11(9-19-13)8-15-12-7-5-4-6-10(12)2/h9-10,12,15H,3-8H2,1-2H3. The summed E-state index contributed by atoms with van der Waals surface area (Å²) in [6.45, 7) is 5.25. The lowest BCUT2D eigenvalue weighted by Crippen LogP contribution is -2.36. The van der Waals surface area contributed by atoms with Crippen molar-refractivity contribution in [2.75, 3.05) is 6.61 Å². The molecule has 1 aromatic rings. The van der Waals surface area contributed by atoms with Crippen molar-refractivity contribution in [3.05, 3.63) is 16.1 Å². The number of nitrogens with zero attached hydrogens (tertiary/aromatic N) is 1. The van der Waals surface area contributed by atoms with Crippen LogP contribution in [0.15, 0.2) is 5.38 Å². The minimum absolute atomic E-state index is 0.315. The van der Waals surface area contributed by atoms with Gasteiger partial charge in [-0.3, -0.25) is 0 Å². The molecule has 0 aromatic carbocycles. The Hall–Kier alpha value is -0.940. The lowest BCUT2D eigenvalue weighted by molar-refractivity contribution is 0.0525. The van der Waals surface area contributed by atoms with Gasteiger partial charge in [0.2, 0.25) is 5.01 Å². The van der Waals surface area contributed by atoms with Gasteiger partial charge in [0, 0.05) is 18.0 Å². The van der Waals surface area contributed by atoms with Gasteiger partial charge in [-0.25, -0.2) is 9.78 Å². The summed E-state index contributed by atoms with van der Waals surface area (Å²) < 4.78 is 4.94. The molecule has 0 saturated heterocycles. The molecule has 1 aliphatic rings. The Bertz CT molecular complexity index is 419. The number of carbonyl (C=O) groups is 1. The van der Waals surface area contributed by atoms with E-state index in [-0.39, 0.29) is 5.97 Å². The maximum atomic E-state index is 11.5. The first-order chi connectivity index (χ1) is 9.20. The van der Waals surface area contributed by atoms with E-state index in [1.165, 1.54) is 37.0 Å². The number of hydrogen-bond acceptors (Lipinski definition) is 5. The molecule has 106 valence electrons. The predicted octanol–water partition coefficient (Wildman–Crippen LogP) is 2.99. The SMILES string of the molecule is CCOC(=O)c1nc(CNC2CCCCC2C)cs1. The first-order valence-electron chi connectivity index (χ1n) is 7.05. The second kappa shape index (κ2) is 7.01. The monoisotopic (exact) mass is 282 g/mol. The summed E-state index contributed by atoms with van der Waals surface area (Å²) in [6, 6.07) is 0.585. The lowest BCUT2D eigenvalue weighted by Gasteiger charge is -2.29. The van der Waals surface area contributed by atoms with Gasteiger partial charge < -0.3 is 10.1 Å². The van der Waals surface area contributed by atoms with Gasteiger partial charge in [-0.1, -0.05) is 19.8 Å². The number of thiazole rings is 1. The Labute approximate surface area is 118 Å². The van der Waals surface area contributed by atoms with Crippen LogP contribution in [0, 0.1) is 5.92 Å². The molecule has 1 fully saturated rings. The third-order valence-electron chi connectivity index (χ3n) is 3.66. The summed E-state index contributed by atoms with van der Waals surface area (Å²) in [5.74, 6) is 0.418. The average molecular weight is 282 g/mol. The van der Waals surface area contributed by atoms with E-state index in [1.54, 1.807) is 6.92 Å². The number of hydrogen-bond donors (Lipinski definition) is 1. The highest BCUT2D eigenvalue weighted by atomic mass is 32.1. The van der Waals surface area contributed by atoms with Crippen molar-refractivity contribution in [1.29, 1.82) is 0 Å². The number of carbonyl (C=O) groups excluding carboxylic acids is 1. The van der Waals surface area contributed by atoms with E-state index < -0.39 is 0 Å². The Morgan fingerprint density at radius 1 is 1.53 bits per heavy atom. The molecule has 1 aromatic heterocycles. The maximum absolute atomic E-state index is 11.5. The maximum Gasteiger partial charge on any atom is 0.367 e. The predicted molar refractivity (Wildman–Crippen MR) is 76.3 cm³/mol. The normalized spacial score (nSPS) is 23.3. The van der Waals surface area contributed by atoms with Crippen molar-refractivity contribution in [2.24, 2.45) is 5.92 Å². The van der Waals surface area contributed by atoms with E-state index in [0.717, 1.165) is 18.2 Å². The molecule has 0 bridgehead atoms. The summed E-state index contributed by atoms with van der Waals surface area (Å²) >= 11 is 1.36. The fourth-order valence-corrected chi connectivity index (χ4v) is 3.24. The van der Waals surface area contributed by atoms with Crippen molar-refractivity contribution < 1.29 is 9.53 Å². The molecule has 2 atom stereocenters. The quantitative estimate of drug-likeness (QED) is 0.844. The molecule has 0 amide bonds. The van der Waals surface area contributed by atoms with Gasteiger partial charge >= 0.3 is 5.97 Å². The summed E-state index contributed by atoms with van der Waals surface area (Å²) in [7, 11) is 0. The zero-order valence-corrected chi connectivity index (χ0v) is 12.5. The smallest absolute Gasteiger partial charge is 0.367 e. The summed E-state index contributed by atoms with van der Waals surface area (Å²) in [4.78, 5) is 15.8. The summed E-state index contributed by atoms with van der Waals surface area (Å²) in [5, 5.41) is 5.96. The fraction of sp³-hybridized carbons (Fsp3) is 0.714. The molecule has 1 N–H and O–H groups in total. The van der Waals surface area contributed by atoms with Crippen molar-refractivity contribution in [1.82, 2.24) is 10.3 Å². The molecule has 1 aliphatic carbocycles. The minimum atomic E-state index is -0.315. The number of esters is 1. The van der Waals surface area contributed by atoms with Crippen LogP contribution in [0.5, 0.6) is 0 Å². The van der Waals surface area contributed by atoms with Gasteiger partial charge in [0.15, 0.2) is 0 Å². The van der Waals surface area contributed by atoms with Crippen LogP contribution in [-0.4, -0.2) is 23.6 Å². The van der Waals surface area contributed by atoms with Crippen LogP contribution in [0.1, 0.15) is 55.0 Å². The van der Waals surface area contributed by atoms with Crippen molar-refractivity contribution >= 4 is 17.3 Å². The van der Waals surface area contributed by atoms with Crippen LogP contribution in [0.4, 0.5) is 0 Å². The molecule has 1 heterocycles. The largest absolute Gasteiger partial charge is 0.461 e. The molecule has 2 unspecified atom stereocenters. The van der Waals surface area contributed by atoms with E-state index in [4.69, 9.17) is 4.74 Å². The fourth-order valence-electron chi connectivity index (χ4n) is 2.53. The molecule has 1 saturated carbocycles. The number of rotatable bonds is 5. The molecule has 0 radical (unpaired) electrons. The lowest BCUT2D eigenvalue weighted by atomic mass is 9.86. The van der Waals surface area contributed by atoms with Crippen LogP contribution in [0.25, 0.3) is 0 Å². The van der Waals surface area contributed by atoms with Gasteiger partial charge in [0.1, 0.15) is 0 Å². The van der Waals surface area contributed by atoms with Crippen LogP contribution in [0.2, 0.25) is 0 Å². The van der Waals surface area contributed by atoms with Crippen molar-refractivity contribution in [2.45, 2.75) is 52.1 Å². The highest BCUT2D eigenvalue weighted by Crippen LogP contribution is 2.24. The van der Waals surface area contributed by atoms with E-state index in [1.807, 2.05) is 5.38 Å². The van der Waals surface area contributed by atoms with Crippen LogP contribution >= 0.6 is 11.3 Å². The molecule has 0 spiro atoms. The molecule has 4 nitrogen and oxygen atoms in total. The first kappa shape index (κ1) is 14.5. The van der Waals surface area contributed by atoms with Crippen LogP contribution in [-0.2, 0) is 11.3 Å².